The molecule has 0 aliphatic carbocycles. The molecule has 0 spiro atoms. The molecule has 0 saturated carbocycles. The lowest BCUT2D eigenvalue weighted by molar-refractivity contribution is 0.429. The SMILES string of the molecule is Clc1noc(-c2cn[nH]n2)n1. The van der Waals surface area contributed by atoms with Gasteiger partial charge in [-0.25, -0.2) is 0 Å². The lowest BCUT2D eigenvalue weighted by Gasteiger charge is -1.77. The van der Waals surface area contributed by atoms with E-state index >= 15 is 0 Å². The lowest BCUT2D eigenvalue weighted by atomic mass is 10.5. The fraction of sp³-hybridized carbons (Fsp3) is 0. The van der Waals surface area contributed by atoms with Crippen molar-refractivity contribution in [3.8, 4) is 11.6 Å². The van der Waals surface area contributed by atoms with E-state index < -0.39 is 0 Å². The van der Waals surface area contributed by atoms with Crippen LogP contribution in [0.4, 0.5) is 0 Å². The molecule has 0 aliphatic heterocycles. The highest BCUT2D eigenvalue weighted by Crippen LogP contribution is 2.13. The zero-order valence-corrected chi connectivity index (χ0v) is 5.91. The van der Waals surface area contributed by atoms with Gasteiger partial charge in [-0.3, -0.25) is 0 Å². The molecule has 0 unspecified atom stereocenters. The highest BCUT2D eigenvalue weighted by Gasteiger charge is 2.08. The summed E-state index contributed by atoms with van der Waals surface area (Å²) in [6.45, 7) is 0. The smallest absolute Gasteiger partial charge is 0.281 e. The van der Waals surface area contributed by atoms with Gasteiger partial charge in [-0.05, 0) is 16.8 Å². The maximum atomic E-state index is 5.40. The number of aromatic amines is 1. The Bertz CT molecular complexity index is 341. The zero-order valence-electron chi connectivity index (χ0n) is 5.15. The Hall–Kier alpha value is -1.43. The van der Waals surface area contributed by atoms with Crippen LogP contribution in [-0.2, 0) is 0 Å². The molecule has 7 heteroatoms. The van der Waals surface area contributed by atoms with Crippen LogP contribution in [0.2, 0.25) is 5.28 Å². The fourth-order valence-electron chi connectivity index (χ4n) is 0.614. The number of hydrogen-bond acceptors (Lipinski definition) is 5. The van der Waals surface area contributed by atoms with Gasteiger partial charge in [0.05, 0.1) is 6.20 Å². The van der Waals surface area contributed by atoms with E-state index in [2.05, 4.69) is 25.6 Å². The van der Waals surface area contributed by atoms with E-state index in [0.717, 1.165) is 0 Å². The van der Waals surface area contributed by atoms with E-state index in [4.69, 9.17) is 16.1 Å². The second-order valence-electron chi connectivity index (χ2n) is 1.72. The first-order valence-corrected chi connectivity index (χ1v) is 3.09. The van der Waals surface area contributed by atoms with Gasteiger partial charge in [-0.15, -0.1) is 0 Å². The maximum absolute atomic E-state index is 5.40. The Morgan fingerprint density at radius 1 is 1.55 bits per heavy atom. The van der Waals surface area contributed by atoms with Crippen molar-refractivity contribution in [3.05, 3.63) is 11.5 Å². The molecule has 0 amide bonds. The Balaban J connectivity index is 2.45. The van der Waals surface area contributed by atoms with E-state index in [1.54, 1.807) is 0 Å². The molecule has 0 atom stereocenters. The first kappa shape index (κ1) is 6.29. The standard InChI is InChI=1S/C4H2ClN5O/c5-4-7-3(11-9-4)2-1-6-10-8-2/h1H,(H,6,8,10). The summed E-state index contributed by atoms with van der Waals surface area (Å²) in [6, 6.07) is 0. The maximum Gasteiger partial charge on any atom is 0.281 e. The number of hydrogen-bond donors (Lipinski definition) is 1. The summed E-state index contributed by atoms with van der Waals surface area (Å²) in [6.07, 6.45) is 1.46. The van der Waals surface area contributed by atoms with Crippen LogP contribution in [0, 0.1) is 0 Å². The van der Waals surface area contributed by atoms with Crippen molar-refractivity contribution in [3.63, 3.8) is 0 Å². The van der Waals surface area contributed by atoms with Gasteiger partial charge in [-0.2, -0.15) is 20.4 Å². The van der Waals surface area contributed by atoms with Crippen molar-refractivity contribution < 1.29 is 4.52 Å². The molecule has 0 aromatic carbocycles. The van der Waals surface area contributed by atoms with Crippen LogP contribution in [0.5, 0.6) is 0 Å². The van der Waals surface area contributed by atoms with Gasteiger partial charge in [0.2, 0.25) is 0 Å². The zero-order chi connectivity index (χ0) is 7.68. The van der Waals surface area contributed by atoms with Crippen LogP contribution in [0.1, 0.15) is 0 Å². The minimum atomic E-state index is 0.0583. The minimum absolute atomic E-state index is 0.0583. The van der Waals surface area contributed by atoms with E-state index in [1.165, 1.54) is 6.20 Å². The Labute approximate surface area is 65.6 Å². The van der Waals surface area contributed by atoms with Gasteiger partial charge in [0.15, 0.2) is 5.69 Å². The third kappa shape index (κ3) is 1.07. The molecule has 6 nitrogen and oxygen atoms in total. The molecule has 0 saturated heterocycles. The number of H-pyrrole nitrogens is 1. The summed E-state index contributed by atoms with van der Waals surface area (Å²) in [4.78, 5) is 3.72. The molecule has 0 radical (unpaired) electrons. The first-order chi connectivity index (χ1) is 5.36. The van der Waals surface area contributed by atoms with Crippen LogP contribution >= 0.6 is 11.6 Å². The molecule has 2 heterocycles. The van der Waals surface area contributed by atoms with E-state index in [-0.39, 0.29) is 11.2 Å². The van der Waals surface area contributed by atoms with Crippen LogP contribution in [0.3, 0.4) is 0 Å². The van der Waals surface area contributed by atoms with Crippen molar-refractivity contribution in [2.75, 3.05) is 0 Å². The number of nitrogens with zero attached hydrogens (tertiary/aromatic N) is 4. The van der Waals surface area contributed by atoms with Crippen LogP contribution in [-0.4, -0.2) is 25.6 Å². The molecule has 11 heavy (non-hydrogen) atoms. The lowest BCUT2D eigenvalue weighted by Crippen LogP contribution is -1.75. The van der Waals surface area contributed by atoms with Crippen LogP contribution < -0.4 is 0 Å². The van der Waals surface area contributed by atoms with Gasteiger partial charge < -0.3 is 4.52 Å². The number of nitrogens with one attached hydrogen (secondary N) is 1. The summed E-state index contributed by atoms with van der Waals surface area (Å²) in [7, 11) is 0. The summed E-state index contributed by atoms with van der Waals surface area (Å²) >= 11 is 5.40. The van der Waals surface area contributed by atoms with Crippen molar-refractivity contribution in [1.82, 2.24) is 25.6 Å². The number of halogens is 1. The highest BCUT2D eigenvalue weighted by molar-refractivity contribution is 6.28. The van der Waals surface area contributed by atoms with Crippen molar-refractivity contribution in [2.24, 2.45) is 0 Å². The predicted octanol–water partition coefficient (Wildman–Crippen LogP) is 0.508. The number of rotatable bonds is 1. The molecular weight excluding hydrogens is 170 g/mol. The second kappa shape index (κ2) is 2.31. The molecule has 56 valence electrons. The third-order valence-corrected chi connectivity index (χ3v) is 1.19. The van der Waals surface area contributed by atoms with Gasteiger partial charge >= 0.3 is 0 Å². The topological polar surface area (TPSA) is 80.5 Å². The summed E-state index contributed by atoms with van der Waals surface area (Å²) in [5, 5.41) is 13.1. The first-order valence-electron chi connectivity index (χ1n) is 2.71. The molecule has 2 aromatic rings. The highest BCUT2D eigenvalue weighted by atomic mass is 35.5. The molecule has 1 N–H and O–H groups in total. The molecule has 0 aliphatic rings. The molecule has 2 aromatic heterocycles. The van der Waals surface area contributed by atoms with Gasteiger partial charge in [0, 0.05) is 0 Å². The second-order valence-corrected chi connectivity index (χ2v) is 2.06. The Morgan fingerprint density at radius 3 is 3.00 bits per heavy atom. The van der Waals surface area contributed by atoms with E-state index in [9.17, 15) is 0 Å². The summed E-state index contributed by atoms with van der Waals surface area (Å²) in [5.41, 5.74) is 0.476. The van der Waals surface area contributed by atoms with E-state index in [0.29, 0.717) is 5.69 Å². The van der Waals surface area contributed by atoms with Crippen molar-refractivity contribution in [2.45, 2.75) is 0 Å². The monoisotopic (exact) mass is 171 g/mol. The van der Waals surface area contributed by atoms with Gasteiger partial charge in [0.1, 0.15) is 0 Å². The number of aromatic nitrogens is 5. The summed E-state index contributed by atoms with van der Waals surface area (Å²) in [5.74, 6) is 0.253. The molecule has 2 rings (SSSR count). The quantitative estimate of drug-likeness (QED) is 0.676. The Morgan fingerprint density at radius 2 is 2.45 bits per heavy atom. The van der Waals surface area contributed by atoms with Crippen molar-refractivity contribution >= 4 is 11.6 Å². The predicted molar refractivity (Wildman–Crippen MR) is 34.7 cm³/mol. The molecule has 0 fully saturated rings. The van der Waals surface area contributed by atoms with Crippen molar-refractivity contribution in [1.29, 1.82) is 0 Å². The normalized spacial score (nSPS) is 10.3. The molecular formula is C4H2ClN5O. The average Bonchev–Trinajstić information content (AvgIpc) is 2.55. The van der Waals surface area contributed by atoms with E-state index in [1.807, 2.05) is 0 Å². The Kier molecular flexibility index (Phi) is 1.32. The minimum Gasteiger partial charge on any atom is -0.331 e. The molecule has 0 bridgehead atoms. The van der Waals surface area contributed by atoms with Gasteiger partial charge in [0.25, 0.3) is 11.2 Å². The van der Waals surface area contributed by atoms with Crippen LogP contribution in [0.15, 0.2) is 10.7 Å². The fourth-order valence-corrected chi connectivity index (χ4v) is 0.725. The largest absolute Gasteiger partial charge is 0.331 e. The third-order valence-electron chi connectivity index (χ3n) is 1.04. The summed E-state index contributed by atoms with van der Waals surface area (Å²) < 4.78 is 4.69. The average molecular weight is 172 g/mol. The van der Waals surface area contributed by atoms with Crippen LogP contribution in [0.25, 0.3) is 11.6 Å². The van der Waals surface area contributed by atoms with Gasteiger partial charge in [-0.1, -0.05) is 0 Å².